The molecule has 2 aromatic rings. The lowest BCUT2D eigenvalue weighted by Gasteiger charge is -2.25. The highest BCUT2D eigenvalue weighted by Crippen LogP contribution is 2.35. The van der Waals surface area contributed by atoms with Gasteiger partial charge in [-0.2, -0.15) is 0 Å². The molecule has 2 rings (SSSR count). The van der Waals surface area contributed by atoms with Crippen LogP contribution >= 0.6 is 11.8 Å². The molecule has 1 amide bonds. The van der Waals surface area contributed by atoms with E-state index in [4.69, 9.17) is 0 Å². The highest BCUT2D eigenvalue weighted by Gasteiger charge is 2.27. The molecule has 4 nitrogen and oxygen atoms in total. The van der Waals surface area contributed by atoms with Gasteiger partial charge in [-0.05, 0) is 26.3 Å². The summed E-state index contributed by atoms with van der Waals surface area (Å²) in [6.07, 6.45) is 3.74. The second-order valence-electron chi connectivity index (χ2n) is 4.91. The molecular formula is C17H23N3OS. The number of rotatable bonds is 7. The zero-order chi connectivity index (χ0) is 15.9. The third-order valence-electron chi connectivity index (χ3n) is 3.64. The van der Waals surface area contributed by atoms with Crippen molar-refractivity contribution in [2.24, 2.45) is 0 Å². The van der Waals surface area contributed by atoms with E-state index in [0.29, 0.717) is 0 Å². The summed E-state index contributed by atoms with van der Waals surface area (Å²) in [6, 6.07) is 9.95. The number of amides is 1. The highest BCUT2D eigenvalue weighted by molar-refractivity contribution is 8.00. The van der Waals surface area contributed by atoms with Gasteiger partial charge < -0.3 is 9.47 Å². The Bertz CT molecular complexity index is 593. The van der Waals surface area contributed by atoms with Gasteiger partial charge in [0.2, 0.25) is 5.91 Å². The first-order valence-corrected chi connectivity index (χ1v) is 8.60. The Kier molecular flexibility index (Phi) is 6.07. The van der Waals surface area contributed by atoms with Crippen LogP contribution in [0.15, 0.2) is 47.9 Å². The van der Waals surface area contributed by atoms with E-state index in [1.165, 1.54) is 11.8 Å². The molecule has 0 aliphatic rings. The standard InChI is InChI=1S/C17H23N3OS/c1-4-19(5-2)16(21)15(14-10-8-7-9-11-14)22-17-18-12-13-20(17)6-3/h7-13,15H,4-6H2,1-3H3. The Balaban J connectivity index is 2.32. The fraction of sp³-hybridized carbons (Fsp3) is 0.412. The molecule has 1 atom stereocenters. The minimum atomic E-state index is -0.256. The molecule has 0 saturated heterocycles. The summed E-state index contributed by atoms with van der Waals surface area (Å²) in [5.41, 5.74) is 1.02. The number of hydrogen-bond donors (Lipinski definition) is 0. The van der Waals surface area contributed by atoms with Gasteiger partial charge in [0.1, 0.15) is 5.25 Å². The number of imidazole rings is 1. The molecule has 1 heterocycles. The molecule has 0 radical (unpaired) electrons. The third-order valence-corrected chi connectivity index (χ3v) is 4.90. The van der Waals surface area contributed by atoms with Crippen molar-refractivity contribution >= 4 is 17.7 Å². The summed E-state index contributed by atoms with van der Waals surface area (Å²) in [5, 5.41) is 0.630. The van der Waals surface area contributed by atoms with Gasteiger partial charge in [-0.3, -0.25) is 4.79 Å². The second kappa shape index (κ2) is 8.03. The first kappa shape index (κ1) is 16.6. The number of carbonyl (C=O) groups is 1. The van der Waals surface area contributed by atoms with E-state index in [1.54, 1.807) is 6.20 Å². The minimum Gasteiger partial charge on any atom is -0.342 e. The van der Waals surface area contributed by atoms with E-state index < -0.39 is 0 Å². The van der Waals surface area contributed by atoms with Crippen LogP contribution in [0.3, 0.4) is 0 Å². The van der Waals surface area contributed by atoms with E-state index in [0.717, 1.165) is 30.4 Å². The highest BCUT2D eigenvalue weighted by atomic mass is 32.2. The molecule has 0 aliphatic heterocycles. The number of aryl methyl sites for hydroxylation is 1. The summed E-state index contributed by atoms with van der Waals surface area (Å²) in [5.74, 6) is 0.145. The Morgan fingerprint density at radius 3 is 2.50 bits per heavy atom. The summed E-state index contributed by atoms with van der Waals surface area (Å²) in [4.78, 5) is 19.2. The van der Waals surface area contributed by atoms with Crippen LogP contribution in [-0.4, -0.2) is 33.4 Å². The smallest absolute Gasteiger partial charge is 0.240 e. The van der Waals surface area contributed by atoms with E-state index in [9.17, 15) is 4.79 Å². The summed E-state index contributed by atoms with van der Waals surface area (Å²) in [6.45, 7) is 8.41. The molecule has 0 aliphatic carbocycles. The predicted molar refractivity (Wildman–Crippen MR) is 90.9 cm³/mol. The molecule has 0 saturated carbocycles. The zero-order valence-electron chi connectivity index (χ0n) is 13.4. The number of thioether (sulfide) groups is 1. The SMILES string of the molecule is CCN(CC)C(=O)C(Sc1nccn1CC)c1ccccc1. The zero-order valence-corrected chi connectivity index (χ0v) is 14.2. The Morgan fingerprint density at radius 2 is 1.91 bits per heavy atom. The van der Waals surface area contributed by atoms with Crippen LogP contribution in [0.1, 0.15) is 31.6 Å². The summed E-state index contributed by atoms with van der Waals surface area (Å²) < 4.78 is 2.07. The summed E-state index contributed by atoms with van der Waals surface area (Å²) >= 11 is 1.53. The Morgan fingerprint density at radius 1 is 1.23 bits per heavy atom. The van der Waals surface area contributed by atoms with E-state index in [-0.39, 0.29) is 11.2 Å². The van der Waals surface area contributed by atoms with Crippen LogP contribution in [0.5, 0.6) is 0 Å². The van der Waals surface area contributed by atoms with Crippen LogP contribution in [0.4, 0.5) is 0 Å². The number of carbonyl (C=O) groups excluding carboxylic acids is 1. The maximum atomic E-state index is 12.9. The molecule has 118 valence electrons. The van der Waals surface area contributed by atoms with E-state index >= 15 is 0 Å². The monoisotopic (exact) mass is 317 g/mol. The first-order valence-electron chi connectivity index (χ1n) is 7.72. The molecule has 5 heteroatoms. The molecule has 0 spiro atoms. The van der Waals surface area contributed by atoms with Crippen molar-refractivity contribution in [1.29, 1.82) is 0 Å². The van der Waals surface area contributed by atoms with Gasteiger partial charge in [0.15, 0.2) is 5.16 Å². The first-order chi connectivity index (χ1) is 10.7. The number of hydrogen-bond acceptors (Lipinski definition) is 3. The molecule has 1 unspecified atom stereocenters. The van der Waals surface area contributed by atoms with Crippen molar-refractivity contribution < 1.29 is 4.79 Å². The molecule has 22 heavy (non-hydrogen) atoms. The van der Waals surface area contributed by atoms with Crippen molar-refractivity contribution in [2.75, 3.05) is 13.1 Å². The molecule has 0 fully saturated rings. The van der Waals surface area contributed by atoms with Crippen molar-refractivity contribution in [3.05, 3.63) is 48.3 Å². The van der Waals surface area contributed by atoms with Crippen LogP contribution in [0, 0.1) is 0 Å². The quantitative estimate of drug-likeness (QED) is 0.732. The second-order valence-corrected chi connectivity index (χ2v) is 5.99. The maximum Gasteiger partial charge on any atom is 0.240 e. The van der Waals surface area contributed by atoms with E-state index in [1.807, 2.05) is 55.3 Å². The summed E-state index contributed by atoms with van der Waals surface area (Å²) in [7, 11) is 0. The van der Waals surface area contributed by atoms with Crippen molar-refractivity contribution in [2.45, 2.75) is 37.7 Å². The normalized spacial score (nSPS) is 12.1. The van der Waals surface area contributed by atoms with Crippen LogP contribution in [-0.2, 0) is 11.3 Å². The lowest BCUT2D eigenvalue weighted by Crippen LogP contribution is -2.34. The van der Waals surface area contributed by atoms with Crippen molar-refractivity contribution in [1.82, 2.24) is 14.5 Å². The molecule has 1 aromatic carbocycles. The molecule has 0 N–H and O–H groups in total. The van der Waals surface area contributed by atoms with Gasteiger partial charge in [0, 0.05) is 32.0 Å². The van der Waals surface area contributed by atoms with Gasteiger partial charge in [-0.25, -0.2) is 4.98 Å². The van der Waals surface area contributed by atoms with Gasteiger partial charge in [0.25, 0.3) is 0 Å². The van der Waals surface area contributed by atoms with Gasteiger partial charge in [0.05, 0.1) is 0 Å². The molecule has 0 bridgehead atoms. The lowest BCUT2D eigenvalue weighted by molar-refractivity contribution is -0.130. The fourth-order valence-corrected chi connectivity index (χ4v) is 3.55. The number of aromatic nitrogens is 2. The van der Waals surface area contributed by atoms with Gasteiger partial charge in [-0.1, -0.05) is 42.1 Å². The van der Waals surface area contributed by atoms with Crippen molar-refractivity contribution in [3.8, 4) is 0 Å². The van der Waals surface area contributed by atoms with E-state index in [2.05, 4.69) is 16.5 Å². The number of nitrogens with zero attached hydrogens (tertiary/aromatic N) is 3. The average molecular weight is 317 g/mol. The van der Waals surface area contributed by atoms with Crippen molar-refractivity contribution in [3.63, 3.8) is 0 Å². The fourth-order valence-electron chi connectivity index (χ4n) is 2.35. The number of benzene rings is 1. The Hall–Kier alpha value is -1.75. The van der Waals surface area contributed by atoms with Gasteiger partial charge in [-0.15, -0.1) is 0 Å². The largest absolute Gasteiger partial charge is 0.342 e. The van der Waals surface area contributed by atoms with Crippen LogP contribution in [0.25, 0.3) is 0 Å². The van der Waals surface area contributed by atoms with Gasteiger partial charge >= 0.3 is 0 Å². The molecular weight excluding hydrogens is 294 g/mol. The molecule has 1 aromatic heterocycles. The maximum absolute atomic E-state index is 12.9. The topological polar surface area (TPSA) is 38.1 Å². The van der Waals surface area contributed by atoms with Crippen LogP contribution in [0.2, 0.25) is 0 Å². The Labute approximate surface area is 136 Å². The predicted octanol–water partition coefficient (Wildman–Crippen LogP) is 3.60. The van der Waals surface area contributed by atoms with Crippen LogP contribution < -0.4 is 0 Å². The minimum absolute atomic E-state index is 0.145. The lowest BCUT2D eigenvalue weighted by atomic mass is 10.1. The average Bonchev–Trinajstić information content (AvgIpc) is 3.01. The number of likely N-dealkylation sites (N-methyl/N-ethyl adjacent to an activating group) is 1. The third kappa shape index (κ3) is 3.71.